The first-order chi connectivity index (χ1) is 10.4. The molecular formula is C16H22N2O4. The fourth-order valence-corrected chi connectivity index (χ4v) is 1.76. The van der Waals surface area contributed by atoms with Gasteiger partial charge in [0.05, 0.1) is 35.7 Å². The molecule has 0 bridgehead atoms. The highest BCUT2D eigenvalue weighted by molar-refractivity contribution is 5.98. The number of esters is 2. The second-order valence-corrected chi connectivity index (χ2v) is 4.77. The van der Waals surface area contributed by atoms with Crippen molar-refractivity contribution in [2.24, 2.45) is 0 Å². The minimum atomic E-state index is -0.515. The lowest BCUT2D eigenvalue weighted by molar-refractivity contribution is 0.0523. The molecule has 22 heavy (non-hydrogen) atoms. The molecule has 0 amide bonds. The van der Waals surface area contributed by atoms with Gasteiger partial charge in [-0.3, -0.25) is 4.98 Å². The van der Waals surface area contributed by atoms with Gasteiger partial charge >= 0.3 is 11.9 Å². The van der Waals surface area contributed by atoms with E-state index in [1.165, 1.54) is 6.07 Å². The van der Waals surface area contributed by atoms with Gasteiger partial charge in [0.15, 0.2) is 0 Å². The van der Waals surface area contributed by atoms with Crippen LogP contribution < -0.4 is 0 Å². The summed E-state index contributed by atoms with van der Waals surface area (Å²) in [6.07, 6.45) is 3.47. The lowest BCUT2D eigenvalue weighted by atomic mass is 10.1. The number of carbonyl (C=O) groups is 2. The van der Waals surface area contributed by atoms with Gasteiger partial charge in [-0.15, -0.1) is 0 Å². The third kappa shape index (κ3) is 4.58. The Morgan fingerprint density at radius 2 is 1.68 bits per heavy atom. The molecule has 0 atom stereocenters. The van der Waals surface area contributed by atoms with Crippen molar-refractivity contribution in [3.8, 4) is 0 Å². The Bertz CT molecular complexity index is 580. The quantitative estimate of drug-likeness (QED) is 0.751. The first-order valence-corrected chi connectivity index (χ1v) is 7.11. The summed E-state index contributed by atoms with van der Waals surface area (Å²) in [5.41, 5.74) is 1.48. The summed E-state index contributed by atoms with van der Waals surface area (Å²) in [6.45, 7) is 5.66. The van der Waals surface area contributed by atoms with Crippen molar-refractivity contribution >= 4 is 18.0 Å². The van der Waals surface area contributed by atoms with E-state index in [1.54, 1.807) is 33.0 Å². The Hall–Kier alpha value is -2.37. The van der Waals surface area contributed by atoms with Gasteiger partial charge in [0.25, 0.3) is 0 Å². The van der Waals surface area contributed by atoms with E-state index in [0.717, 1.165) is 0 Å². The summed E-state index contributed by atoms with van der Waals surface area (Å²) in [5.74, 6) is -1.01. The van der Waals surface area contributed by atoms with Crippen molar-refractivity contribution in [3.05, 3.63) is 34.8 Å². The lowest BCUT2D eigenvalue weighted by Crippen LogP contribution is -2.14. The number of nitrogens with zero attached hydrogens (tertiary/aromatic N) is 2. The van der Waals surface area contributed by atoms with Crippen molar-refractivity contribution in [2.75, 3.05) is 27.3 Å². The summed E-state index contributed by atoms with van der Waals surface area (Å²) in [4.78, 5) is 30.2. The van der Waals surface area contributed by atoms with Gasteiger partial charge in [-0.2, -0.15) is 0 Å². The average Bonchev–Trinajstić information content (AvgIpc) is 2.45. The molecule has 0 N–H and O–H groups in total. The molecule has 6 heteroatoms. The molecule has 0 radical (unpaired) electrons. The van der Waals surface area contributed by atoms with Crippen LogP contribution in [-0.4, -0.2) is 49.1 Å². The molecule has 0 saturated heterocycles. The van der Waals surface area contributed by atoms with Crippen LogP contribution in [0.2, 0.25) is 0 Å². The van der Waals surface area contributed by atoms with Gasteiger partial charge in [-0.1, -0.05) is 0 Å². The predicted molar refractivity (Wildman–Crippen MR) is 83.6 cm³/mol. The minimum Gasteiger partial charge on any atom is -0.462 e. The molecule has 120 valence electrons. The molecule has 0 aliphatic heterocycles. The fourth-order valence-electron chi connectivity index (χ4n) is 1.76. The maximum Gasteiger partial charge on any atom is 0.340 e. The molecular weight excluding hydrogens is 284 g/mol. The van der Waals surface area contributed by atoms with Crippen LogP contribution in [-0.2, 0) is 9.47 Å². The summed E-state index contributed by atoms with van der Waals surface area (Å²) in [5, 5.41) is 0. The molecule has 1 aromatic heterocycles. The molecule has 1 rings (SSSR count). The summed E-state index contributed by atoms with van der Waals surface area (Å²) >= 11 is 0. The van der Waals surface area contributed by atoms with Crippen LogP contribution in [0.3, 0.4) is 0 Å². The van der Waals surface area contributed by atoms with Crippen molar-refractivity contribution in [2.45, 2.75) is 20.8 Å². The number of aryl methyl sites for hydroxylation is 1. The monoisotopic (exact) mass is 306 g/mol. The first-order valence-electron chi connectivity index (χ1n) is 7.11. The number of hydrogen-bond acceptors (Lipinski definition) is 6. The summed E-state index contributed by atoms with van der Waals surface area (Å²) < 4.78 is 10.0. The van der Waals surface area contributed by atoms with E-state index in [0.29, 0.717) is 11.4 Å². The standard InChI is InChI=1S/C16H22N2O4/c1-6-21-15(19)12-10-13(16(20)22-7-2)14(17-11(12)3)8-9-18(4)5/h8-10H,6-7H2,1-5H3/b9-8-. The number of carbonyl (C=O) groups excluding carboxylic acids is 2. The molecule has 0 unspecified atom stereocenters. The molecule has 0 aliphatic rings. The Kier molecular flexibility index (Phi) is 6.56. The van der Waals surface area contributed by atoms with Gasteiger partial charge in [0.2, 0.25) is 0 Å². The summed E-state index contributed by atoms with van der Waals surface area (Å²) in [7, 11) is 3.72. The number of rotatable bonds is 6. The molecule has 1 heterocycles. The smallest absolute Gasteiger partial charge is 0.340 e. The Labute approximate surface area is 130 Å². The van der Waals surface area contributed by atoms with Crippen LogP contribution in [0.1, 0.15) is 46.0 Å². The van der Waals surface area contributed by atoms with Crippen LogP contribution in [0.25, 0.3) is 6.08 Å². The molecule has 0 saturated carbocycles. The van der Waals surface area contributed by atoms with E-state index in [9.17, 15) is 9.59 Å². The van der Waals surface area contributed by atoms with Crippen molar-refractivity contribution in [3.63, 3.8) is 0 Å². The lowest BCUT2D eigenvalue weighted by Gasteiger charge is -2.11. The van der Waals surface area contributed by atoms with Gasteiger partial charge in [0, 0.05) is 20.3 Å². The van der Waals surface area contributed by atoms with Crippen LogP contribution in [0.4, 0.5) is 0 Å². The zero-order valence-corrected chi connectivity index (χ0v) is 13.7. The highest BCUT2D eigenvalue weighted by Gasteiger charge is 2.19. The largest absolute Gasteiger partial charge is 0.462 e. The van der Waals surface area contributed by atoms with E-state index in [4.69, 9.17) is 9.47 Å². The minimum absolute atomic E-state index is 0.244. The molecule has 0 fully saturated rings. The Morgan fingerprint density at radius 1 is 1.14 bits per heavy atom. The molecule has 0 spiro atoms. The average molecular weight is 306 g/mol. The highest BCUT2D eigenvalue weighted by atomic mass is 16.5. The third-order valence-electron chi connectivity index (χ3n) is 2.76. The molecule has 6 nitrogen and oxygen atoms in total. The van der Waals surface area contributed by atoms with E-state index >= 15 is 0 Å². The van der Waals surface area contributed by atoms with Crippen LogP contribution in [0.15, 0.2) is 12.3 Å². The highest BCUT2D eigenvalue weighted by Crippen LogP contribution is 2.17. The van der Waals surface area contributed by atoms with Crippen LogP contribution >= 0.6 is 0 Å². The van der Waals surface area contributed by atoms with Gasteiger partial charge in [-0.25, -0.2) is 9.59 Å². The van der Waals surface area contributed by atoms with Crippen LogP contribution in [0, 0.1) is 6.92 Å². The van der Waals surface area contributed by atoms with E-state index in [2.05, 4.69) is 4.98 Å². The predicted octanol–water partition coefficient (Wildman–Crippen LogP) is 2.28. The topological polar surface area (TPSA) is 68.7 Å². The van der Waals surface area contributed by atoms with Crippen molar-refractivity contribution < 1.29 is 19.1 Å². The zero-order valence-electron chi connectivity index (χ0n) is 13.7. The number of aromatic nitrogens is 1. The normalized spacial score (nSPS) is 10.6. The van der Waals surface area contributed by atoms with E-state index in [1.807, 2.05) is 19.0 Å². The maximum absolute atomic E-state index is 12.1. The number of ether oxygens (including phenoxy) is 2. The third-order valence-corrected chi connectivity index (χ3v) is 2.76. The Balaban J connectivity index is 3.35. The molecule has 1 aromatic rings. The fraction of sp³-hybridized carbons (Fsp3) is 0.438. The van der Waals surface area contributed by atoms with E-state index in [-0.39, 0.29) is 24.3 Å². The maximum atomic E-state index is 12.1. The van der Waals surface area contributed by atoms with Gasteiger partial charge in [0.1, 0.15) is 0 Å². The van der Waals surface area contributed by atoms with Crippen molar-refractivity contribution in [1.82, 2.24) is 9.88 Å². The number of pyridine rings is 1. The SMILES string of the molecule is CCOC(=O)c1cc(C(=O)OCC)c(/C=C\N(C)C)nc1C. The van der Waals surface area contributed by atoms with Gasteiger partial charge in [-0.05, 0) is 32.9 Å². The second-order valence-electron chi connectivity index (χ2n) is 4.77. The molecule has 0 aliphatic carbocycles. The second kappa shape index (κ2) is 8.17. The zero-order chi connectivity index (χ0) is 16.7. The first kappa shape index (κ1) is 17.7. The van der Waals surface area contributed by atoms with Crippen molar-refractivity contribution in [1.29, 1.82) is 0 Å². The van der Waals surface area contributed by atoms with Crippen LogP contribution in [0.5, 0.6) is 0 Å². The molecule has 0 aromatic carbocycles. The summed E-state index contributed by atoms with van der Waals surface area (Å²) in [6, 6.07) is 1.48. The Morgan fingerprint density at radius 3 is 2.18 bits per heavy atom. The van der Waals surface area contributed by atoms with E-state index < -0.39 is 11.9 Å². The number of hydrogen-bond donors (Lipinski definition) is 0. The van der Waals surface area contributed by atoms with Gasteiger partial charge < -0.3 is 14.4 Å².